The molecule has 0 bridgehead atoms. The molecule has 0 N–H and O–H groups in total. The molecule has 6 nitrogen and oxygen atoms in total. The molecular weight excluding hydrogens is 248 g/mol. The van der Waals surface area contributed by atoms with Gasteiger partial charge in [-0.05, 0) is 20.3 Å². The summed E-state index contributed by atoms with van der Waals surface area (Å²) >= 11 is 0. The lowest BCUT2D eigenvalue weighted by molar-refractivity contribution is -0.151. The van der Waals surface area contributed by atoms with Crippen LogP contribution < -0.4 is 11.2 Å². The Hall–Kier alpha value is -1.85. The van der Waals surface area contributed by atoms with Gasteiger partial charge in [0.25, 0.3) is 5.56 Å². The van der Waals surface area contributed by atoms with Crippen molar-refractivity contribution >= 4 is 5.97 Å². The molecule has 0 radical (unpaired) electrons. The second-order valence-corrected chi connectivity index (χ2v) is 5.09. The molecule has 106 valence electrons. The van der Waals surface area contributed by atoms with Gasteiger partial charge in [-0.1, -0.05) is 6.92 Å². The minimum Gasteiger partial charge on any atom is -0.469 e. The minimum atomic E-state index is -0.927. The lowest BCUT2D eigenvalue weighted by atomic mass is 9.93. The lowest BCUT2D eigenvalue weighted by Crippen LogP contribution is -2.44. The fraction of sp³-hybridized carbons (Fsp3) is 0.615. The second kappa shape index (κ2) is 5.86. The molecule has 0 saturated carbocycles. The average Bonchev–Trinajstić information content (AvgIpc) is 2.37. The van der Waals surface area contributed by atoms with Gasteiger partial charge < -0.3 is 9.30 Å². The van der Waals surface area contributed by atoms with Gasteiger partial charge >= 0.3 is 11.7 Å². The third-order valence-electron chi connectivity index (χ3n) is 2.90. The Labute approximate surface area is 111 Å². The van der Waals surface area contributed by atoms with Crippen LogP contribution in [0, 0.1) is 5.41 Å². The Morgan fingerprint density at radius 1 is 1.37 bits per heavy atom. The minimum absolute atomic E-state index is 0.00188. The quantitative estimate of drug-likeness (QED) is 0.734. The molecule has 0 spiro atoms. The molecule has 0 aliphatic carbocycles. The molecule has 0 aliphatic rings. The fourth-order valence-electron chi connectivity index (χ4n) is 1.85. The molecule has 1 aromatic heterocycles. The Kier molecular flexibility index (Phi) is 4.69. The van der Waals surface area contributed by atoms with Gasteiger partial charge in [0.1, 0.15) is 0 Å². The van der Waals surface area contributed by atoms with Crippen LogP contribution in [0.15, 0.2) is 21.9 Å². The Balaban J connectivity index is 3.21. The van der Waals surface area contributed by atoms with Gasteiger partial charge in [0, 0.05) is 25.4 Å². The Bertz CT molecular complexity index is 569. The van der Waals surface area contributed by atoms with Crippen LogP contribution in [0.5, 0.6) is 0 Å². The fourth-order valence-corrected chi connectivity index (χ4v) is 1.85. The summed E-state index contributed by atoms with van der Waals surface area (Å²) in [5.41, 5.74) is -1.73. The van der Waals surface area contributed by atoms with Gasteiger partial charge in [0.2, 0.25) is 0 Å². The third kappa shape index (κ3) is 3.33. The van der Waals surface area contributed by atoms with Gasteiger partial charge in [-0.2, -0.15) is 0 Å². The normalized spacial score (nSPS) is 11.4. The summed E-state index contributed by atoms with van der Waals surface area (Å²) in [7, 11) is 1.28. The van der Waals surface area contributed by atoms with Crippen molar-refractivity contribution in [2.45, 2.75) is 40.3 Å². The molecule has 1 heterocycles. The summed E-state index contributed by atoms with van der Waals surface area (Å²) in [5, 5.41) is 0. The standard InChI is InChI=1S/C13H20N2O4/c1-5-7-14-8-6-10(16)15(12(14)18)9-13(2,3)11(17)19-4/h6,8H,5,7,9H2,1-4H3. The van der Waals surface area contributed by atoms with Crippen LogP contribution in [0.3, 0.4) is 0 Å². The summed E-state index contributed by atoms with van der Waals surface area (Å²) in [4.78, 5) is 35.5. The van der Waals surface area contributed by atoms with Crippen molar-refractivity contribution in [3.05, 3.63) is 33.1 Å². The van der Waals surface area contributed by atoms with Crippen molar-refractivity contribution in [2.24, 2.45) is 5.41 Å². The van der Waals surface area contributed by atoms with E-state index in [1.54, 1.807) is 13.8 Å². The maximum absolute atomic E-state index is 12.1. The van der Waals surface area contributed by atoms with E-state index < -0.39 is 22.6 Å². The van der Waals surface area contributed by atoms with Crippen LogP contribution in [0.2, 0.25) is 0 Å². The summed E-state index contributed by atoms with van der Waals surface area (Å²) < 4.78 is 7.22. The van der Waals surface area contributed by atoms with E-state index in [0.717, 1.165) is 11.0 Å². The zero-order valence-corrected chi connectivity index (χ0v) is 11.8. The number of ether oxygens (including phenoxy) is 1. The molecule has 0 aliphatic heterocycles. The van der Waals surface area contributed by atoms with Gasteiger partial charge in [-0.3, -0.25) is 14.2 Å². The monoisotopic (exact) mass is 268 g/mol. The van der Waals surface area contributed by atoms with Gasteiger partial charge in [0.15, 0.2) is 0 Å². The molecule has 19 heavy (non-hydrogen) atoms. The number of aryl methyl sites for hydroxylation is 1. The first-order valence-electron chi connectivity index (χ1n) is 6.22. The number of carbonyl (C=O) groups is 1. The average molecular weight is 268 g/mol. The number of aromatic nitrogens is 2. The summed E-state index contributed by atoms with van der Waals surface area (Å²) in [5.74, 6) is -0.454. The second-order valence-electron chi connectivity index (χ2n) is 5.09. The molecule has 0 aromatic carbocycles. The molecular formula is C13H20N2O4. The molecule has 0 amide bonds. The highest BCUT2D eigenvalue weighted by Crippen LogP contribution is 2.18. The Morgan fingerprint density at radius 2 is 2.00 bits per heavy atom. The van der Waals surface area contributed by atoms with Crippen molar-refractivity contribution in [3.63, 3.8) is 0 Å². The van der Waals surface area contributed by atoms with Crippen LogP contribution in [0.1, 0.15) is 27.2 Å². The van der Waals surface area contributed by atoms with E-state index in [1.807, 2.05) is 6.92 Å². The number of nitrogens with zero attached hydrogens (tertiary/aromatic N) is 2. The molecule has 0 fully saturated rings. The number of carbonyl (C=O) groups excluding carboxylic acids is 1. The SMILES string of the molecule is CCCn1ccc(=O)n(CC(C)(C)C(=O)OC)c1=O. The van der Waals surface area contributed by atoms with E-state index >= 15 is 0 Å². The highest BCUT2D eigenvalue weighted by atomic mass is 16.5. The van der Waals surface area contributed by atoms with Crippen molar-refractivity contribution < 1.29 is 9.53 Å². The van der Waals surface area contributed by atoms with E-state index in [0.29, 0.717) is 6.54 Å². The number of esters is 1. The topological polar surface area (TPSA) is 70.3 Å². The van der Waals surface area contributed by atoms with Gasteiger partial charge in [0.05, 0.1) is 12.5 Å². The van der Waals surface area contributed by atoms with Crippen molar-refractivity contribution in [3.8, 4) is 0 Å². The predicted octanol–water partition coefficient (Wildman–Crippen LogP) is 0.619. The highest BCUT2D eigenvalue weighted by molar-refractivity contribution is 5.75. The maximum Gasteiger partial charge on any atom is 0.330 e. The summed E-state index contributed by atoms with van der Waals surface area (Å²) in [6.07, 6.45) is 2.27. The first-order valence-corrected chi connectivity index (χ1v) is 6.22. The predicted molar refractivity (Wildman–Crippen MR) is 71.1 cm³/mol. The van der Waals surface area contributed by atoms with Crippen molar-refractivity contribution in [1.29, 1.82) is 0 Å². The van der Waals surface area contributed by atoms with E-state index in [9.17, 15) is 14.4 Å². The van der Waals surface area contributed by atoms with Crippen LogP contribution in [-0.2, 0) is 22.6 Å². The first kappa shape index (κ1) is 15.2. The van der Waals surface area contributed by atoms with Crippen molar-refractivity contribution in [2.75, 3.05) is 7.11 Å². The maximum atomic E-state index is 12.1. The van der Waals surface area contributed by atoms with Gasteiger partial charge in [-0.15, -0.1) is 0 Å². The van der Waals surface area contributed by atoms with Crippen LogP contribution in [-0.4, -0.2) is 22.2 Å². The molecule has 0 saturated heterocycles. The molecule has 0 atom stereocenters. The number of methoxy groups -OCH3 is 1. The van der Waals surface area contributed by atoms with E-state index in [4.69, 9.17) is 0 Å². The molecule has 1 rings (SSSR count). The van der Waals surface area contributed by atoms with Gasteiger partial charge in [-0.25, -0.2) is 4.79 Å². The lowest BCUT2D eigenvalue weighted by Gasteiger charge is -2.22. The largest absolute Gasteiger partial charge is 0.469 e. The number of rotatable bonds is 5. The summed E-state index contributed by atoms with van der Waals surface area (Å²) in [6.45, 7) is 5.77. The van der Waals surface area contributed by atoms with E-state index in [1.165, 1.54) is 23.9 Å². The number of hydrogen-bond donors (Lipinski definition) is 0. The van der Waals surface area contributed by atoms with E-state index in [2.05, 4.69) is 4.74 Å². The third-order valence-corrected chi connectivity index (χ3v) is 2.90. The highest BCUT2D eigenvalue weighted by Gasteiger charge is 2.30. The Morgan fingerprint density at radius 3 is 2.53 bits per heavy atom. The molecule has 6 heteroatoms. The zero-order valence-electron chi connectivity index (χ0n) is 11.8. The smallest absolute Gasteiger partial charge is 0.330 e. The van der Waals surface area contributed by atoms with Crippen molar-refractivity contribution in [1.82, 2.24) is 9.13 Å². The van der Waals surface area contributed by atoms with Crippen LogP contribution in [0.4, 0.5) is 0 Å². The van der Waals surface area contributed by atoms with Crippen LogP contribution >= 0.6 is 0 Å². The van der Waals surface area contributed by atoms with Crippen LogP contribution in [0.25, 0.3) is 0 Å². The number of hydrogen-bond acceptors (Lipinski definition) is 4. The summed E-state index contributed by atoms with van der Waals surface area (Å²) in [6, 6.07) is 1.34. The van der Waals surface area contributed by atoms with E-state index in [-0.39, 0.29) is 6.54 Å². The first-order chi connectivity index (χ1) is 8.83. The molecule has 0 unspecified atom stereocenters. The molecule has 1 aromatic rings. The zero-order chi connectivity index (χ0) is 14.6.